The molecule has 0 fully saturated rings. The first-order valence-electron chi connectivity index (χ1n) is 7.67. The van der Waals surface area contributed by atoms with Gasteiger partial charge >= 0.3 is 0 Å². The van der Waals surface area contributed by atoms with Gasteiger partial charge in [0.15, 0.2) is 0 Å². The summed E-state index contributed by atoms with van der Waals surface area (Å²) in [6.45, 7) is 7.22. The lowest BCUT2D eigenvalue weighted by molar-refractivity contribution is 0.0945. The molecule has 6 heteroatoms. The zero-order chi connectivity index (χ0) is 16.9. The van der Waals surface area contributed by atoms with Crippen molar-refractivity contribution in [2.75, 3.05) is 18.5 Å². The van der Waals surface area contributed by atoms with Gasteiger partial charge in [0.2, 0.25) is 0 Å². The van der Waals surface area contributed by atoms with Crippen LogP contribution < -0.4 is 10.6 Å². The molecule has 0 atom stereocenters. The number of aromatic nitrogens is 2. The van der Waals surface area contributed by atoms with Crippen molar-refractivity contribution in [1.29, 1.82) is 0 Å². The van der Waals surface area contributed by atoms with Crippen LogP contribution in [0.2, 0.25) is 0 Å². The summed E-state index contributed by atoms with van der Waals surface area (Å²) in [4.78, 5) is 11.9. The minimum Gasteiger partial charge on any atom is -0.395 e. The van der Waals surface area contributed by atoms with Gasteiger partial charge in [-0.1, -0.05) is 26.8 Å². The quantitative estimate of drug-likeness (QED) is 0.656. The summed E-state index contributed by atoms with van der Waals surface area (Å²) in [5.41, 5.74) is 3.63. The zero-order valence-corrected chi connectivity index (χ0v) is 13.8. The van der Waals surface area contributed by atoms with E-state index in [2.05, 4.69) is 41.6 Å². The first-order chi connectivity index (χ1) is 10.9. The number of aliphatic hydroxyl groups excluding tert-OH is 1. The van der Waals surface area contributed by atoms with Crippen LogP contribution in [0.25, 0.3) is 0 Å². The fourth-order valence-electron chi connectivity index (χ4n) is 2.33. The van der Waals surface area contributed by atoms with E-state index in [1.54, 1.807) is 12.1 Å². The van der Waals surface area contributed by atoms with E-state index in [1.165, 1.54) is 0 Å². The first kappa shape index (κ1) is 17.0. The molecule has 6 nitrogen and oxygen atoms in total. The molecule has 0 bridgehead atoms. The molecule has 0 saturated heterocycles. The number of hydrogen-bond donors (Lipinski definition) is 4. The average Bonchev–Trinajstić information content (AvgIpc) is 2.99. The molecular formula is C17H24N4O2. The normalized spacial score (nSPS) is 11.3. The highest BCUT2D eigenvalue weighted by Gasteiger charge is 2.19. The Bertz CT molecular complexity index is 659. The summed E-state index contributed by atoms with van der Waals surface area (Å²) in [5, 5.41) is 21.9. The van der Waals surface area contributed by atoms with Crippen LogP contribution in [0.15, 0.2) is 30.5 Å². The molecule has 0 aliphatic rings. The Hall–Kier alpha value is -2.34. The number of hydrogen-bond acceptors (Lipinski definition) is 4. The monoisotopic (exact) mass is 316 g/mol. The van der Waals surface area contributed by atoms with Crippen LogP contribution in [0.5, 0.6) is 0 Å². The second-order valence-electron chi connectivity index (χ2n) is 6.43. The van der Waals surface area contributed by atoms with Crippen molar-refractivity contribution in [1.82, 2.24) is 15.5 Å². The van der Waals surface area contributed by atoms with Crippen molar-refractivity contribution in [2.24, 2.45) is 0 Å². The number of anilines is 1. The fourth-order valence-corrected chi connectivity index (χ4v) is 2.33. The van der Waals surface area contributed by atoms with Crippen molar-refractivity contribution < 1.29 is 9.90 Å². The molecule has 1 aromatic heterocycles. The standard InChI is InChI=1S/C17H24N4O2/c1-17(2,3)15-13(11-20-21-15)10-19-14-6-4-5-12(9-14)16(23)18-7-8-22/h4-6,9,11,19,22H,7-8,10H2,1-3H3,(H,18,23)(H,20,21). The highest BCUT2D eigenvalue weighted by atomic mass is 16.3. The predicted molar refractivity (Wildman–Crippen MR) is 90.5 cm³/mol. The Labute approximate surface area is 136 Å². The highest BCUT2D eigenvalue weighted by molar-refractivity contribution is 5.95. The molecule has 0 unspecified atom stereocenters. The Kier molecular flexibility index (Phi) is 5.39. The SMILES string of the molecule is CC(C)(C)c1[nH]ncc1CNc1cccc(C(=O)NCCO)c1. The topological polar surface area (TPSA) is 90.0 Å². The molecule has 0 radical (unpaired) electrons. The van der Waals surface area contributed by atoms with E-state index in [1.807, 2.05) is 18.3 Å². The van der Waals surface area contributed by atoms with E-state index < -0.39 is 0 Å². The number of rotatable bonds is 6. The predicted octanol–water partition coefficient (Wildman–Crippen LogP) is 2.04. The number of amides is 1. The van der Waals surface area contributed by atoms with E-state index in [4.69, 9.17) is 5.11 Å². The van der Waals surface area contributed by atoms with Gasteiger partial charge in [-0.25, -0.2) is 0 Å². The van der Waals surface area contributed by atoms with Crippen LogP contribution in [0.3, 0.4) is 0 Å². The minimum absolute atomic E-state index is 0.000454. The number of carbonyl (C=O) groups excluding carboxylic acids is 1. The van der Waals surface area contributed by atoms with Crippen LogP contribution >= 0.6 is 0 Å². The van der Waals surface area contributed by atoms with Crippen molar-refractivity contribution in [2.45, 2.75) is 32.7 Å². The molecule has 1 amide bonds. The Balaban J connectivity index is 2.04. The van der Waals surface area contributed by atoms with Crippen LogP contribution in [-0.2, 0) is 12.0 Å². The van der Waals surface area contributed by atoms with E-state index in [-0.39, 0.29) is 24.5 Å². The maximum absolute atomic E-state index is 11.9. The van der Waals surface area contributed by atoms with Gasteiger partial charge in [-0.3, -0.25) is 9.89 Å². The summed E-state index contributed by atoms with van der Waals surface area (Å²) in [6.07, 6.45) is 1.82. The van der Waals surface area contributed by atoms with Gasteiger partial charge in [0, 0.05) is 41.0 Å². The molecule has 23 heavy (non-hydrogen) atoms. The number of carbonyl (C=O) groups is 1. The van der Waals surface area contributed by atoms with Crippen LogP contribution in [-0.4, -0.2) is 34.4 Å². The van der Waals surface area contributed by atoms with Gasteiger partial charge in [0.1, 0.15) is 0 Å². The van der Waals surface area contributed by atoms with E-state index in [9.17, 15) is 4.79 Å². The van der Waals surface area contributed by atoms with E-state index >= 15 is 0 Å². The lowest BCUT2D eigenvalue weighted by Crippen LogP contribution is -2.26. The van der Waals surface area contributed by atoms with Crippen molar-refractivity contribution in [3.63, 3.8) is 0 Å². The van der Waals surface area contributed by atoms with Crippen LogP contribution in [0.4, 0.5) is 5.69 Å². The number of H-pyrrole nitrogens is 1. The van der Waals surface area contributed by atoms with Gasteiger partial charge in [-0.15, -0.1) is 0 Å². The van der Waals surface area contributed by atoms with Crippen molar-refractivity contribution in [3.05, 3.63) is 47.3 Å². The maximum atomic E-state index is 11.9. The van der Waals surface area contributed by atoms with Crippen molar-refractivity contribution in [3.8, 4) is 0 Å². The minimum atomic E-state index is -0.193. The number of nitrogens with one attached hydrogen (secondary N) is 3. The number of aliphatic hydroxyl groups is 1. The summed E-state index contributed by atoms with van der Waals surface area (Å²) >= 11 is 0. The molecule has 0 saturated carbocycles. The molecule has 4 N–H and O–H groups in total. The molecule has 1 heterocycles. The fraction of sp³-hybridized carbons (Fsp3) is 0.412. The Morgan fingerprint density at radius 3 is 2.83 bits per heavy atom. The van der Waals surface area contributed by atoms with Gasteiger partial charge in [-0.2, -0.15) is 5.10 Å². The molecule has 0 spiro atoms. The molecule has 0 aliphatic carbocycles. The second-order valence-corrected chi connectivity index (χ2v) is 6.43. The first-order valence-corrected chi connectivity index (χ1v) is 7.67. The van der Waals surface area contributed by atoms with Gasteiger partial charge in [0.25, 0.3) is 5.91 Å². The lowest BCUT2D eigenvalue weighted by atomic mass is 9.89. The average molecular weight is 316 g/mol. The molecule has 2 rings (SSSR count). The molecule has 0 aliphatic heterocycles. The Morgan fingerprint density at radius 1 is 1.35 bits per heavy atom. The third-order valence-corrected chi connectivity index (χ3v) is 3.47. The molecule has 124 valence electrons. The lowest BCUT2D eigenvalue weighted by Gasteiger charge is -2.18. The van der Waals surface area contributed by atoms with Crippen molar-refractivity contribution >= 4 is 11.6 Å². The number of nitrogens with zero attached hydrogens (tertiary/aromatic N) is 1. The molecule has 2 aromatic rings. The van der Waals surface area contributed by atoms with Crippen LogP contribution in [0.1, 0.15) is 42.4 Å². The third-order valence-electron chi connectivity index (χ3n) is 3.47. The molecule has 1 aromatic carbocycles. The third kappa shape index (κ3) is 4.56. The summed E-state index contributed by atoms with van der Waals surface area (Å²) in [7, 11) is 0. The summed E-state index contributed by atoms with van der Waals surface area (Å²) in [6, 6.07) is 7.29. The van der Waals surface area contributed by atoms with Gasteiger partial charge < -0.3 is 15.7 Å². The number of benzene rings is 1. The molecular weight excluding hydrogens is 292 g/mol. The van der Waals surface area contributed by atoms with Gasteiger partial charge in [0.05, 0.1) is 12.8 Å². The largest absolute Gasteiger partial charge is 0.395 e. The van der Waals surface area contributed by atoms with E-state index in [0.29, 0.717) is 12.1 Å². The maximum Gasteiger partial charge on any atom is 0.251 e. The zero-order valence-electron chi connectivity index (χ0n) is 13.8. The van der Waals surface area contributed by atoms with Crippen LogP contribution in [0, 0.1) is 0 Å². The van der Waals surface area contributed by atoms with Gasteiger partial charge in [-0.05, 0) is 18.2 Å². The Morgan fingerprint density at radius 2 is 2.13 bits per heavy atom. The highest BCUT2D eigenvalue weighted by Crippen LogP contribution is 2.24. The summed E-state index contributed by atoms with van der Waals surface area (Å²) in [5.74, 6) is -0.193. The van der Waals surface area contributed by atoms with E-state index in [0.717, 1.165) is 16.9 Å². The summed E-state index contributed by atoms with van der Waals surface area (Å²) < 4.78 is 0. The second kappa shape index (κ2) is 7.28. The number of aromatic amines is 1. The smallest absolute Gasteiger partial charge is 0.251 e.